The number of aromatic nitrogens is 2. The van der Waals surface area contributed by atoms with E-state index in [4.69, 9.17) is 10.3 Å². The molecule has 0 fully saturated rings. The van der Waals surface area contributed by atoms with Crippen LogP contribution >= 0.6 is 0 Å². The molecular weight excluding hydrogens is 204 g/mol. The Morgan fingerprint density at radius 3 is 3.00 bits per heavy atom. The van der Waals surface area contributed by atoms with Gasteiger partial charge in [0.1, 0.15) is 0 Å². The molecule has 0 aliphatic heterocycles. The Balaban J connectivity index is 1.87. The minimum Gasteiger partial charge on any atom is -0.399 e. The van der Waals surface area contributed by atoms with E-state index in [1.807, 2.05) is 25.1 Å². The summed E-state index contributed by atoms with van der Waals surface area (Å²) in [4.78, 5) is 3.94. The average molecular weight is 218 g/mol. The molecular formula is C11H14N4O. The van der Waals surface area contributed by atoms with Crippen LogP contribution < -0.4 is 11.1 Å². The van der Waals surface area contributed by atoms with Gasteiger partial charge in [-0.2, -0.15) is 4.98 Å². The van der Waals surface area contributed by atoms with Crippen molar-refractivity contribution in [2.24, 2.45) is 0 Å². The van der Waals surface area contributed by atoms with E-state index in [2.05, 4.69) is 15.5 Å². The molecule has 0 aliphatic carbocycles. The first-order chi connectivity index (χ1) is 7.75. The van der Waals surface area contributed by atoms with E-state index in [0.717, 1.165) is 23.5 Å². The van der Waals surface area contributed by atoms with Crippen LogP contribution in [0.4, 0.5) is 11.4 Å². The van der Waals surface area contributed by atoms with Crippen molar-refractivity contribution in [2.45, 2.75) is 13.3 Å². The normalized spacial score (nSPS) is 10.3. The minimum atomic E-state index is 0.639. The maximum Gasteiger partial charge on any atom is 0.228 e. The Morgan fingerprint density at radius 1 is 1.44 bits per heavy atom. The van der Waals surface area contributed by atoms with Gasteiger partial charge in [0, 0.05) is 24.3 Å². The smallest absolute Gasteiger partial charge is 0.228 e. The van der Waals surface area contributed by atoms with Crippen molar-refractivity contribution in [2.75, 3.05) is 17.6 Å². The first-order valence-electron chi connectivity index (χ1n) is 5.11. The lowest BCUT2D eigenvalue weighted by Crippen LogP contribution is -2.05. The van der Waals surface area contributed by atoms with Gasteiger partial charge in [-0.05, 0) is 30.7 Å². The predicted molar refractivity (Wildman–Crippen MR) is 62.1 cm³/mol. The summed E-state index contributed by atoms with van der Waals surface area (Å²) in [7, 11) is 0. The lowest BCUT2D eigenvalue weighted by Gasteiger charge is -2.07. The number of nitrogens with zero attached hydrogens (tertiary/aromatic N) is 2. The van der Waals surface area contributed by atoms with Crippen LogP contribution in [-0.2, 0) is 6.42 Å². The molecule has 1 aromatic carbocycles. The number of aryl methyl sites for hydroxylation is 1. The van der Waals surface area contributed by atoms with Gasteiger partial charge >= 0.3 is 0 Å². The minimum absolute atomic E-state index is 0.639. The monoisotopic (exact) mass is 218 g/mol. The molecule has 0 amide bonds. The summed E-state index contributed by atoms with van der Waals surface area (Å²) in [6.45, 7) is 2.74. The van der Waals surface area contributed by atoms with Crippen LogP contribution in [0.1, 0.15) is 11.5 Å². The van der Waals surface area contributed by atoms with E-state index < -0.39 is 0 Å². The quantitative estimate of drug-likeness (QED) is 0.762. The second-order valence-corrected chi connectivity index (χ2v) is 3.58. The lowest BCUT2D eigenvalue weighted by molar-refractivity contribution is 0.380. The molecule has 2 rings (SSSR count). The van der Waals surface area contributed by atoms with E-state index in [9.17, 15) is 0 Å². The third-order valence-electron chi connectivity index (χ3n) is 2.34. The highest BCUT2D eigenvalue weighted by Gasteiger charge is 1.99. The van der Waals surface area contributed by atoms with Gasteiger partial charge in [-0.3, -0.25) is 0 Å². The maximum atomic E-state index is 5.73. The third-order valence-corrected chi connectivity index (χ3v) is 2.34. The number of benzene rings is 1. The second-order valence-electron chi connectivity index (χ2n) is 3.58. The number of anilines is 2. The van der Waals surface area contributed by atoms with Gasteiger partial charge in [0.2, 0.25) is 5.89 Å². The molecule has 0 atom stereocenters. The Labute approximate surface area is 93.7 Å². The third kappa shape index (κ3) is 2.50. The van der Waals surface area contributed by atoms with Crippen LogP contribution in [0.2, 0.25) is 0 Å². The standard InChI is InChI=1S/C11H14N4O/c1-8-6-9(2-3-10(8)12)13-5-4-11-14-7-15-16-11/h2-3,6-7,13H,4-5,12H2,1H3. The molecule has 0 radical (unpaired) electrons. The summed E-state index contributed by atoms with van der Waals surface area (Å²) in [6, 6.07) is 5.86. The Kier molecular flexibility index (Phi) is 3.05. The summed E-state index contributed by atoms with van der Waals surface area (Å²) in [5.74, 6) is 0.639. The molecule has 0 saturated carbocycles. The highest BCUT2D eigenvalue weighted by molar-refractivity contribution is 5.56. The van der Waals surface area contributed by atoms with Gasteiger partial charge in [-0.25, -0.2) is 0 Å². The Bertz CT molecular complexity index is 453. The second kappa shape index (κ2) is 4.65. The van der Waals surface area contributed by atoms with Crippen molar-refractivity contribution in [3.63, 3.8) is 0 Å². The topological polar surface area (TPSA) is 77.0 Å². The lowest BCUT2D eigenvalue weighted by atomic mass is 10.2. The van der Waals surface area contributed by atoms with E-state index in [1.54, 1.807) is 0 Å². The molecule has 1 heterocycles. The predicted octanol–water partition coefficient (Wildman–Crippen LogP) is 1.61. The molecule has 3 N–H and O–H groups in total. The zero-order valence-corrected chi connectivity index (χ0v) is 9.10. The van der Waals surface area contributed by atoms with Gasteiger partial charge < -0.3 is 15.6 Å². The van der Waals surface area contributed by atoms with Crippen LogP contribution in [0, 0.1) is 6.92 Å². The molecule has 2 aromatic rings. The van der Waals surface area contributed by atoms with Gasteiger partial charge in [-0.1, -0.05) is 5.16 Å². The van der Waals surface area contributed by atoms with Crippen LogP contribution in [0.3, 0.4) is 0 Å². The molecule has 16 heavy (non-hydrogen) atoms. The Morgan fingerprint density at radius 2 is 2.31 bits per heavy atom. The van der Waals surface area contributed by atoms with Crippen LogP contribution in [0.25, 0.3) is 0 Å². The highest BCUT2D eigenvalue weighted by atomic mass is 16.5. The van der Waals surface area contributed by atoms with Crippen LogP contribution in [0.5, 0.6) is 0 Å². The molecule has 0 aliphatic rings. The van der Waals surface area contributed by atoms with Gasteiger partial charge in [0.05, 0.1) is 0 Å². The number of rotatable bonds is 4. The summed E-state index contributed by atoms with van der Waals surface area (Å²) in [5.41, 5.74) is 8.66. The van der Waals surface area contributed by atoms with Crippen molar-refractivity contribution in [1.29, 1.82) is 0 Å². The fourth-order valence-corrected chi connectivity index (χ4v) is 1.41. The van der Waals surface area contributed by atoms with Crippen molar-refractivity contribution < 1.29 is 4.52 Å². The van der Waals surface area contributed by atoms with Crippen molar-refractivity contribution in [1.82, 2.24) is 10.1 Å². The van der Waals surface area contributed by atoms with Gasteiger partial charge in [0.25, 0.3) is 0 Å². The Hall–Kier alpha value is -2.04. The van der Waals surface area contributed by atoms with E-state index in [0.29, 0.717) is 12.3 Å². The molecule has 0 bridgehead atoms. The van der Waals surface area contributed by atoms with Crippen molar-refractivity contribution in [3.05, 3.63) is 36.0 Å². The maximum absolute atomic E-state index is 5.73. The van der Waals surface area contributed by atoms with E-state index in [-0.39, 0.29) is 0 Å². The van der Waals surface area contributed by atoms with Gasteiger partial charge in [0.15, 0.2) is 6.33 Å². The summed E-state index contributed by atoms with van der Waals surface area (Å²) in [5, 5.41) is 6.81. The molecule has 0 unspecified atom stereocenters. The summed E-state index contributed by atoms with van der Waals surface area (Å²) >= 11 is 0. The zero-order chi connectivity index (χ0) is 11.4. The largest absolute Gasteiger partial charge is 0.399 e. The van der Waals surface area contributed by atoms with Crippen molar-refractivity contribution in [3.8, 4) is 0 Å². The number of hydrogen-bond acceptors (Lipinski definition) is 5. The average Bonchev–Trinajstić information content (AvgIpc) is 2.76. The molecule has 84 valence electrons. The molecule has 1 aromatic heterocycles. The highest BCUT2D eigenvalue weighted by Crippen LogP contribution is 2.16. The number of hydrogen-bond donors (Lipinski definition) is 2. The van der Waals surface area contributed by atoms with E-state index >= 15 is 0 Å². The number of nitrogen functional groups attached to an aromatic ring is 1. The first kappa shape index (κ1) is 10.5. The van der Waals surface area contributed by atoms with Gasteiger partial charge in [-0.15, -0.1) is 0 Å². The van der Waals surface area contributed by atoms with Crippen molar-refractivity contribution >= 4 is 11.4 Å². The molecule has 0 saturated heterocycles. The molecule has 5 nitrogen and oxygen atoms in total. The molecule has 5 heteroatoms. The summed E-state index contributed by atoms with van der Waals surface area (Å²) < 4.78 is 4.89. The number of nitrogens with two attached hydrogens (primary N) is 1. The number of nitrogens with one attached hydrogen (secondary N) is 1. The van der Waals surface area contributed by atoms with Crippen LogP contribution in [0.15, 0.2) is 29.0 Å². The first-order valence-corrected chi connectivity index (χ1v) is 5.11. The van der Waals surface area contributed by atoms with Crippen LogP contribution in [-0.4, -0.2) is 16.7 Å². The SMILES string of the molecule is Cc1cc(NCCc2ncno2)ccc1N. The fraction of sp³-hybridized carbons (Fsp3) is 0.273. The molecule has 0 spiro atoms. The van der Waals surface area contributed by atoms with E-state index in [1.165, 1.54) is 6.33 Å². The zero-order valence-electron chi connectivity index (χ0n) is 9.10. The fourth-order valence-electron chi connectivity index (χ4n) is 1.41. The summed E-state index contributed by atoms with van der Waals surface area (Å²) in [6.07, 6.45) is 2.12.